The maximum Gasteiger partial charge on any atom is 0.255 e. The molecule has 0 saturated heterocycles. The molecule has 0 aliphatic rings. The summed E-state index contributed by atoms with van der Waals surface area (Å²) < 4.78 is 27.8. The molecule has 0 aliphatic carbocycles. The molecule has 110 valence electrons. The lowest BCUT2D eigenvalue weighted by molar-refractivity contribution is 0.102. The van der Waals surface area contributed by atoms with Crippen LogP contribution in [-0.2, 0) is 0 Å². The number of nitrogen functional groups attached to an aromatic ring is 1. The van der Waals surface area contributed by atoms with Crippen LogP contribution in [0.2, 0.25) is 5.02 Å². The van der Waals surface area contributed by atoms with E-state index in [0.29, 0.717) is 15.2 Å². The Morgan fingerprint density at radius 2 is 1.81 bits per heavy atom. The predicted molar refractivity (Wildman–Crippen MR) is 81.3 cm³/mol. The van der Waals surface area contributed by atoms with E-state index in [1.165, 1.54) is 0 Å². The molecule has 21 heavy (non-hydrogen) atoms. The number of nitrogens with one attached hydrogen (secondary N) is 2. The maximum atomic E-state index is 13.6. The topological polar surface area (TPSA) is 67.1 Å². The zero-order valence-electron chi connectivity index (χ0n) is 10.4. The highest BCUT2D eigenvalue weighted by atomic mass is 79.9. The molecule has 2 aromatic rings. The van der Waals surface area contributed by atoms with Crippen LogP contribution in [0.1, 0.15) is 10.4 Å². The van der Waals surface area contributed by atoms with E-state index in [2.05, 4.69) is 21.2 Å². The van der Waals surface area contributed by atoms with E-state index >= 15 is 0 Å². The fourth-order valence-electron chi connectivity index (χ4n) is 1.63. The van der Waals surface area contributed by atoms with Gasteiger partial charge in [0.1, 0.15) is 5.69 Å². The summed E-state index contributed by atoms with van der Waals surface area (Å²) in [6.45, 7) is 0. The first kappa shape index (κ1) is 15.7. The van der Waals surface area contributed by atoms with Crippen LogP contribution in [0.4, 0.5) is 20.2 Å². The van der Waals surface area contributed by atoms with Crippen LogP contribution in [0, 0.1) is 11.6 Å². The van der Waals surface area contributed by atoms with Gasteiger partial charge in [0.25, 0.3) is 5.91 Å². The number of carbonyl (C=O) groups is 1. The second-order valence-corrected chi connectivity index (χ2v) is 5.36. The number of halogens is 4. The minimum absolute atomic E-state index is 0.194. The molecule has 0 bridgehead atoms. The highest BCUT2D eigenvalue weighted by Gasteiger charge is 2.15. The fraction of sp³-hybridized carbons (Fsp3) is 0. The lowest BCUT2D eigenvalue weighted by atomic mass is 10.1. The number of hydrogen-bond acceptors (Lipinski definition) is 3. The van der Waals surface area contributed by atoms with Gasteiger partial charge in [-0.25, -0.2) is 8.78 Å². The van der Waals surface area contributed by atoms with Crippen molar-refractivity contribution in [3.8, 4) is 0 Å². The van der Waals surface area contributed by atoms with Crippen LogP contribution in [0.3, 0.4) is 0 Å². The van der Waals surface area contributed by atoms with Crippen LogP contribution >= 0.6 is 27.5 Å². The molecule has 1 amide bonds. The molecule has 0 atom stereocenters. The van der Waals surface area contributed by atoms with Crippen LogP contribution in [0.5, 0.6) is 0 Å². The minimum Gasteiger partial charge on any atom is -0.321 e. The molecular formula is C13H9BrClF2N3O. The van der Waals surface area contributed by atoms with Crippen molar-refractivity contribution < 1.29 is 13.6 Å². The lowest BCUT2D eigenvalue weighted by Crippen LogP contribution is -2.15. The van der Waals surface area contributed by atoms with Gasteiger partial charge in [-0.2, -0.15) is 0 Å². The van der Waals surface area contributed by atoms with Crippen LogP contribution in [0.25, 0.3) is 0 Å². The average Bonchev–Trinajstić information content (AvgIpc) is 2.42. The van der Waals surface area contributed by atoms with Gasteiger partial charge in [0, 0.05) is 10.0 Å². The molecule has 4 N–H and O–H groups in total. The number of nitrogens with two attached hydrogens (primary N) is 1. The van der Waals surface area contributed by atoms with Crippen molar-refractivity contribution in [2.45, 2.75) is 0 Å². The van der Waals surface area contributed by atoms with Gasteiger partial charge in [0.2, 0.25) is 0 Å². The summed E-state index contributed by atoms with van der Waals surface area (Å²) in [6, 6.07) is 6.59. The Kier molecular flexibility index (Phi) is 4.76. The van der Waals surface area contributed by atoms with E-state index in [0.717, 1.165) is 12.1 Å². The summed E-state index contributed by atoms with van der Waals surface area (Å²) >= 11 is 9.16. The molecule has 0 unspecified atom stereocenters. The van der Waals surface area contributed by atoms with Crippen molar-refractivity contribution in [2.75, 3.05) is 10.7 Å². The van der Waals surface area contributed by atoms with E-state index < -0.39 is 23.2 Å². The smallest absolute Gasteiger partial charge is 0.255 e. The SMILES string of the molecule is NNc1c(F)cc(C(=O)Nc2cc(Br)ccc2Cl)cc1F. The second kappa shape index (κ2) is 6.38. The molecule has 0 spiro atoms. The number of benzene rings is 2. The molecule has 0 aromatic heterocycles. The Morgan fingerprint density at radius 1 is 1.19 bits per heavy atom. The number of hydrogen-bond donors (Lipinski definition) is 3. The first-order chi connectivity index (χ1) is 9.92. The number of hydrazine groups is 1. The van der Waals surface area contributed by atoms with E-state index in [1.807, 2.05) is 5.43 Å². The van der Waals surface area contributed by atoms with Crippen molar-refractivity contribution in [1.82, 2.24) is 0 Å². The van der Waals surface area contributed by atoms with Gasteiger partial charge in [-0.15, -0.1) is 0 Å². The van der Waals surface area contributed by atoms with Gasteiger partial charge in [-0.1, -0.05) is 27.5 Å². The number of anilines is 2. The molecule has 0 heterocycles. The molecule has 2 aromatic carbocycles. The van der Waals surface area contributed by atoms with Crippen molar-refractivity contribution in [3.05, 3.63) is 57.0 Å². The first-order valence-electron chi connectivity index (χ1n) is 5.64. The molecule has 0 aliphatic heterocycles. The highest BCUT2D eigenvalue weighted by molar-refractivity contribution is 9.10. The molecule has 0 radical (unpaired) electrons. The molecule has 2 rings (SSSR count). The molecule has 0 fully saturated rings. The second-order valence-electron chi connectivity index (χ2n) is 4.04. The average molecular weight is 377 g/mol. The summed E-state index contributed by atoms with van der Waals surface area (Å²) in [5.41, 5.74) is 1.50. The maximum absolute atomic E-state index is 13.6. The fourth-order valence-corrected chi connectivity index (χ4v) is 2.16. The Morgan fingerprint density at radius 3 is 2.38 bits per heavy atom. The number of rotatable bonds is 3. The van der Waals surface area contributed by atoms with Crippen LogP contribution in [-0.4, -0.2) is 5.91 Å². The van der Waals surface area contributed by atoms with E-state index in [1.54, 1.807) is 18.2 Å². The van der Waals surface area contributed by atoms with E-state index in [-0.39, 0.29) is 5.56 Å². The van der Waals surface area contributed by atoms with E-state index in [9.17, 15) is 13.6 Å². The lowest BCUT2D eigenvalue weighted by Gasteiger charge is -2.10. The zero-order valence-corrected chi connectivity index (χ0v) is 12.7. The summed E-state index contributed by atoms with van der Waals surface area (Å²) in [7, 11) is 0. The highest BCUT2D eigenvalue weighted by Crippen LogP contribution is 2.27. The van der Waals surface area contributed by atoms with Crippen molar-refractivity contribution in [3.63, 3.8) is 0 Å². The quantitative estimate of drug-likeness (QED) is 0.562. The van der Waals surface area contributed by atoms with Gasteiger partial charge in [0.15, 0.2) is 11.6 Å². The van der Waals surface area contributed by atoms with Crippen LogP contribution in [0.15, 0.2) is 34.8 Å². The van der Waals surface area contributed by atoms with Gasteiger partial charge >= 0.3 is 0 Å². The van der Waals surface area contributed by atoms with E-state index in [4.69, 9.17) is 17.4 Å². The normalized spacial score (nSPS) is 10.3. The van der Waals surface area contributed by atoms with Crippen LogP contribution < -0.4 is 16.6 Å². The largest absolute Gasteiger partial charge is 0.321 e. The zero-order chi connectivity index (χ0) is 15.6. The minimum atomic E-state index is -0.969. The third-order valence-electron chi connectivity index (χ3n) is 2.63. The predicted octanol–water partition coefficient (Wildman–Crippen LogP) is 3.92. The van der Waals surface area contributed by atoms with Crippen molar-refractivity contribution in [1.29, 1.82) is 0 Å². The van der Waals surface area contributed by atoms with Gasteiger partial charge in [-0.05, 0) is 30.3 Å². The number of carbonyl (C=O) groups excluding carboxylic acids is 1. The molecular weight excluding hydrogens is 368 g/mol. The Labute approximate surface area is 132 Å². The molecule has 4 nitrogen and oxygen atoms in total. The first-order valence-corrected chi connectivity index (χ1v) is 6.81. The Bertz CT molecular complexity index is 689. The summed E-state index contributed by atoms with van der Waals surface area (Å²) in [6.07, 6.45) is 0. The van der Waals surface area contributed by atoms with Gasteiger partial charge in [0.05, 0.1) is 10.7 Å². The summed E-state index contributed by atoms with van der Waals surface area (Å²) in [5.74, 6) is 2.35. The van der Waals surface area contributed by atoms with Crippen molar-refractivity contribution in [2.24, 2.45) is 5.84 Å². The summed E-state index contributed by atoms with van der Waals surface area (Å²) in [5, 5.41) is 2.77. The third-order valence-corrected chi connectivity index (χ3v) is 3.45. The Hall–Kier alpha value is -1.70. The molecule has 0 saturated carbocycles. The third kappa shape index (κ3) is 3.49. The summed E-state index contributed by atoms with van der Waals surface area (Å²) in [4.78, 5) is 12.0. The number of amides is 1. The molecule has 8 heteroatoms. The van der Waals surface area contributed by atoms with Gasteiger partial charge in [-0.3, -0.25) is 10.6 Å². The van der Waals surface area contributed by atoms with Crippen molar-refractivity contribution >= 4 is 44.8 Å². The monoisotopic (exact) mass is 375 g/mol. The standard InChI is InChI=1S/C13H9BrClF2N3O/c14-7-1-2-8(15)11(5-7)19-13(21)6-3-9(16)12(20-18)10(17)4-6/h1-5,20H,18H2,(H,19,21). The Balaban J connectivity index is 2.31. The van der Waals surface area contributed by atoms with Gasteiger partial charge < -0.3 is 10.7 Å².